The van der Waals surface area contributed by atoms with Crippen LogP contribution in [-0.2, 0) is 11.2 Å². The summed E-state index contributed by atoms with van der Waals surface area (Å²) in [6.07, 6.45) is 0.400. The van der Waals surface area contributed by atoms with Crippen LogP contribution < -0.4 is 5.32 Å². The first-order valence-electron chi connectivity index (χ1n) is 7.26. The lowest BCUT2D eigenvalue weighted by atomic mass is 9.89. The third-order valence-electron chi connectivity index (χ3n) is 3.01. The summed E-state index contributed by atoms with van der Waals surface area (Å²) in [5, 5.41) is 17.6. The SMILES string of the molecule is CC(C)(C)C[C@H](O)CNC(=O)Cc1csc(-c2cccs2)n1. The molecule has 0 spiro atoms. The van der Waals surface area contributed by atoms with Crippen molar-refractivity contribution in [3.8, 4) is 9.88 Å². The minimum atomic E-state index is -0.513. The van der Waals surface area contributed by atoms with E-state index < -0.39 is 6.10 Å². The molecule has 0 saturated carbocycles. The van der Waals surface area contributed by atoms with Crippen LogP contribution in [0.2, 0.25) is 0 Å². The first-order valence-corrected chi connectivity index (χ1v) is 9.02. The van der Waals surface area contributed by atoms with Crippen molar-refractivity contribution in [2.24, 2.45) is 5.41 Å². The van der Waals surface area contributed by atoms with E-state index in [9.17, 15) is 9.90 Å². The van der Waals surface area contributed by atoms with Gasteiger partial charge < -0.3 is 10.4 Å². The Morgan fingerprint density at radius 3 is 2.82 bits per heavy atom. The number of aliphatic hydroxyl groups is 1. The minimum Gasteiger partial charge on any atom is -0.391 e. The highest BCUT2D eigenvalue weighted by atomic mass is 32.1. The third-order valence-corrected chi connectivity index (χ3v) is 4.94. The Morgan fingerprint density at radius 1 is 1.41 bits per heavy atom. The number of nitrogens with zero attached hydrogens (tertiary/aromatic N) is 1. The Balaban J connectivity index is 1.80. The zero-order chi connectivity index (χ0) is 16.2. The Kier molecular flexibility index (Phi) is 5.72. The maximum Gasteiger partial charge on any atom is 0.226 e. The second kappa shape index (κ2) is 7.35. The molecule has 2 aromatic heterocycles. The summed E-state index contributed by atoms with van der Waals surface area (Å²) < 4.78 is 0. The van der Waals surface area contributed by atoms with E-state index in [1.807, 2.05) is 22.9 Å². The smallest absolute Gasteiger partial charge is 0.226 e. The number of thiazole rings is 1. The van der Waals surface area contributed by atoms with Gasteiger partial charge in [-0.1, -0.05) is 26.8 Å². The highest BCUT2D eigenvalue weighted by Crippen LogP contribution is 2.27. The lowest BCUT2D eigenvalue weighted by Crippen LogP contribution is -2.35. The lowest BCUT2D eigenvalue weighted by molar-refractivity contribution is -0.121. The van der Waals surface area contributed by atoms with E-state index in [-0.39, 0.29) is 24.3 Å². The molecule has 2 heterocycles. The van der Waals surface area contributed by atoms with Gasteiger partial charge in [0.15, 0.2) is 0 Å². The number of aliphatic hydroxyl groups excluding tert-OH is 1. The molecule has 22 heavy (non-hydrogen) atoms. The summed E-state index contributed by atoms with van der Waals surface area (Å²) in [6.45, 7) is 6.50. The molecule has 0 fully saturated rings. The van der Waals surface area contributed by atoms with Crippen LogP contribution in [0.1, 0.15) is 32.9 Å². The molecule has 0 bridgehead atoms. The standard InChI is InChI=1S/C16H22N2O2S2/c1-16(2,3)8-12(19)9-17-14(20)7-11-10-22-15(18-11)13-5-4-6-21-13/h4-6,10,12,19H,7-9H2,1-3H3,(H,17,20)/t12-/m0/s1. The monoisotopic (exact) mass is 338 g/mol. The number of rotatable bonds is 6. The van der Waals surface area contributed by atoms with Crippen LogP contribution in [0.3, 0.4) is 0 Å². The normalized spacial score (nSPS) is 13.1. The molecular formula is C16H22N2O2S2. The van der Waals surface area contributed by atoms with E-state index in [0.717, 1.165) is 15.6 Å². The van der Waals surface area contributed by atoms with Crippen LogP contribution in [0.15, 0.2) is 22.9 Å². The zero-order valence-corrected chi connectivity index (χ0v) is 14.8. The van der Waals surface area contributed by atoms with E-state index >= 15 is 0 Å². The van der Waals surface area contributed by atoms with Crippen LogP contribution in [0.5, 0.6) is 0 Å². The second-order valence-electron chi connectivity index (χ2n) is 6.52. The summed E-state index contributed by atoms with van der Waals surface area (Å²) in [7, 11) is 0. The summed E-state index contributed by atoms with van der Waals surface area (Å²) >= 11 is 3.19. The van der Waals surface area contributed by atoms with Crippen LogP contribution in [-0.4, -0.2) is 28.6 Å². The van der Waals surface area contributed by atoms with Crippen molar-refractivity contribution in [1.29, 1.82) is 0 Å². The number of amides is 1. The number of carbonyl (C=O) groups is 1. The summed E-state index contributed by atoms with van der Waals surface area (Å²) in [5.74, 6) is -0.101. The van der Waals surface area contributed by atoms with Crippen molar-refractivity contribution in [3.63, 3.8) is 0 Å². The molecule has 1 amide bonds. The van der Waals surface area contributed by atoms with Crippen molar-refractivity contribution in [3.05, 3.63) is 28.6 Å². The maximum absolute atomic E-state index is 11.9. The second-order valence-corrected chi connectivity index (χ2v) is 8.33. The van der Waals surface area contributed by atoms with E-state index in [0.29, 0.717) is 6.42 Å². The Morgan fingerprint density at radius 2 is 2.18 bits per heavy atom. The predicted octanol–water partition coefficient (Wildman–Crippen LogP) is 3.33. The molecular weight excluding hydrogens is 316 g/mol. The molecule has 1 atom stereocenters. The van der Waals surface area contributed by atoms with Gasteiger partial charge in [-0.2, -0.15) is 0 Å². The van der Waals surface area contributed by atoms with Gasteiger partial charge in [0.25, 0.3) is 0 Å². The molecule has 6 heteroatoms. The van der Waals surface area contributed by atoms with E-state index in [1.54, 1.807) is 22.7 Å². The molecule has 2 aromatic rings. The largest absolute Gasteiger partial charge is 0.391 e. The molecule has 2 rings (SSSR count). The molecule has 0 aromatic carbocycles. The fraction of sp³-hybridized carbons (Fsp3) is 0.500. The third kappa shape index (κ3) is 5.51. The van der Waals surface area contributed by atoms with Crippen molar-refractivity contribution < 1.29 is 9.90 Å². The van der Waals surface area contributed by atoms with Gasteiger partial charge in [0.1, 0.15) is 5.01 Å². The first-order chi connectivity index (χ1) is 10.3. The van der Waals surface area contributed by atoms with Crippen LogP contribution in [0.4, 0.5) is 0 Å². The summed E-state index contributed by atoms with van der Waals surface area (Å²) in [5.41, 5.74) is 0.825. The van der Waals surface area contributed by atoms with Crippen molar-refractivity contribution in [2.45, 2.75) is 39.7 Å². The van der Waals surface area contributed by atoms with Gasteiger partial charge in [0, 0.05) is 11.9 Å². The summed E-state index contributed by atoms with van der Waals surface area (Å²) in [6, 6.07) is 4.01. The van der Waals surface area contributed by atoms with Gasteiger partial charge >= 0.3 is 0 Å². The van der Waals surface area contributed by atoms with Gasteiger partial charge in [0.05, 0.1) is 23.1 Å². The minimum absolute atomic E-state index is 0.0503. The molecule has 0 aliphatic heterocycles. The topological polar surface area (TPSA) is 62.2 Å². The van der Waals surface area contributed by atoms with E-state index in [1.165, 1.54) is 0 Å². The Hall–Kier alpha value is -1.24. The number of hydrogen-bond donors (Lipinski definition) is 2. The van der Waals surface area contributed by atoms with Crippen molar-refractivity contribution >= 4 is 28.6 Å². The quantitative estimate of drug-likeness (QED) is 0.849. The molecule has 0 unspecified atom stereocenters. The van der Waals surface area contributed by atoms with Gasteiger partial charge in [-0.3, -0.25) is 4.79 Å². The van der Waals surface area contributed by atoms with Gasteiger partial charge in [-0.15, -0.1) is 22.7 Å². The average molecular weight is 338 g/mol. The Bertz CT molecular complexity index is 600. The maximum atomic E-state index is 11.9. The molecule has 2 N–H and O–H groups in total. The lowest BCUT2D eigenvalue weighted by Gasteiger charge is -2.22. The Labute approximate surface area is 139 Å². The van der Waals surface area contributed by atoms with Gasteiger partial charge in [-0.05, 0) is 23.3 Å². The first kappa shape index (κ1) is 17.1. The average Bonchev–Trinajstić information content (AvgIpc) is 3.04. The van der Waals surface area contributed by atoms with E-state index in [4.69, 9.17) is 0 Å². The fourth-order valence-electron chi connectivity index (χ4n) is 2.14. The molecule has 4 nitrogen and oxygen atoms in total. The highest BCUT2D eigenvalue weighted by molar-refractivity contribution is 7.20. The van der Waals surface area contributed by atoms with Crippen LogP contribution in [0, 0.1) is 5.41 Å². The fourth-order valence-corrected chi connectivity index (χ4v) is 3.77. The van der Waals surface area contributed by atoms with Gasteiger partial charge in [0.2, 0.25) is 5.91 Å². The number of carbonyl (C=O) groups excluding carboxylic acids is 1. The number of aromatic nitrogens is 1. The van der Waals surface area contributed by atoms with E-state index in [2.05, 4.69) is 31.1 Å². The van der Waals surface area contributed by atoms with Crippen LogP contribution in [0.25, 0.3) is 9.88 Å². The molecule has 0 radical (unpaired) electrons. The molecule has 0 aliphatic carbocycles. The number of thiophene rings is 1. The molecule has 0 aliphatic rings. The van der Waals surface area contributed by atoms with Gasteiger partial charge in [-0.25, -0.2) is 4.98 Å². The number of hydrogen-bond acceptors (Lipinski definition) is 5. The van der Waals surface area contributed by atoms with Crippen molar-refractivity contribution in [2.75, 3.05) is 6.54 Å². The summed E-state index contributed by atoms with van der Waals surface area (Å²) in [4.78, 5) is 17.5. The highest BCUT2D eigenvalue weighted by Gasteiger charge is 2.17. The van der Waals surface area contributed by atoms with Crippen LogP contribution >= 0.6 is 22.7 Å². The van der Waals surface area contributed by atoms with Crippen molar-refractivity contribution in [1.82, 2.24) is 10.3 Å². The zero-order valence-electron chi connectivity index (χ0n) is 13.1. The number of nitrogens with one attached hydrogen (secondary N) is 1. The molecule has 0 saturated heterocycles. The molecule has 120 valence electrons. The predicted molar refractivity (Wildman–Crippen MR) is 92.2 cm³/mol.